The van der Waals surface area contributed by atoms with Crippen molar-refractivity contribution >= 4 is 42.3 Å². The molecule has 0 amide bonds. The standard InChI is InChI=1S/C33H41BrF2O5S2/c34-27-19-8-6-4-2-1-3-5-7-9-20-28-40-32(37)33(35,36)43(38,39)41-42(29-21-13-10-14-22-29,30-23-15-11-16-24-30)31-25-17-12-18-26-31/h10-18,21-26H,1-9,19-20,27-28H2/p+1. The molecule has 0 aliphatic carbocycles. The quantitative estimate of drug-likeness (QED) is 0.0387. The molecule has 5 nitrogen and oxygen atoms in total. The van der Waals surface area contributed by atoms with Crippen molar-refractivity contribution in [3.05, 3.63) is 91.0 Å². The van der Waals surface area contributed by atoms with E-state index in [9.17, 15) is 13.2 Å². The van der Waals surface area contributed by atoms with E-state index in [1.54, 1.807) is 91.0 Å². The molecule has 0 bridgehead atoms. The summed E-state index contributed by atoms with van der Waals surface area (Å²) >= 11 is 3.44. The van der Waals surface area contributed by atoms with E-state index in [2.05, 4.69) is 19.6 Å². The summed E-state index contributed by atoms with van der Waals surface area (Å²) in [6.07, 6.45) is 11.5. The van der Waals surface area contributed by atoms with Crippen molar-refractivity contribution in [3.8, 4) is 0 Å². The second-order valence-electron chi connectivity index (χ2n) is 10.3. The molecule has 1 N–H and O–H groups in total. The van der Waals surface area contributed by atoms with E-state index in [0.29, 0.717) is 27.5 Å². The zero-order chi connectivity index (χ0) is 31.0. The lowest BCUT2D eigenvalue weighted by atomic mass is 10.1. The van der Waals surface area contributed by atoms with Crippen LogP contribution in [0.25, 0.3) is 0 Å². The summed E-state index contributed by atoms with van der Waals surface area (Å²) in [6.45, 7) is -0.272. The Hall–Kier alpha value is -2.27. The number of hydrogen-bond donors (Lipinski definition) is 0. The average molecular weight is 701 g/mol. The molecule has 236 valence electrons. The van der Waals surface area contributed by atoms with Crippen LogP contribution in [-0.2, 0) is 19.6 Å². The zero-order valence-electron chi connectivity index (χ0n) is 24.4. The van der Waals surface area contributed by atoms with Crippen LogP contribution in [0.5, 0.6) is 0 Å². The van der Waals surface area contributed by atoms with E-state index in [4.69, 9.17) is 4.74 Å². The van der Waals surface area contributed by atoms with Gasteiger partial charge in [-0.3, -0.25) is 3.63 Å². The fourth-order valence-electron chi connectivity index (χ4n) is 4.73. The molecule has 3 rings (SSSR count). The Morgan fingerprint density at radius 1 is 0.628 bits per heavy atom. The van der Waals surface area contributed by atoms with Crippen LogP contribution in [-0.4, -0.2) is 35.2 Å². The maximum atomic E-state index is 15.4. The number of unbranched alkanes of at least 4 members (excludes halogenated alkanes) is 10. The first-order chi connectivity index (χ1) is 20.8. The van der Waals surface area contributed by atoms with E-state index in [1.807, 2.05) is 0 Å². The first-order valence-electron chi connectivity index (χ1n) is 14.8. The van der Waals surface area contributed by atoms with Gasteiger partial charge in [0, 0.05) is 5.33 Å². The normalized spacial score (nSPS) is 12.6. The van der Waals surface area contributed by atoms with Crippen LogP contribution >= 0.6 is 26.2 Å². The fourth-order valence-corrected chi connectivity index (χ4v) is 10.4. The zero-order valence-corrected chi connectivity index (χ0v) is 27.6. The van der Waals surface area contributed by atoms with Crippen LogP contribution in [0.2, 0.25) is 0 Å². The molecule has 0 saturated carbocycles. The monoisotopic (exact) mass is 699 g/mol. The third-order valence-electron chi connectivity index (χ3n) is 7.04. The number of hydrogen-bond acceptors (Lipinski definition) is 4. The third-order valence-corrected chi connectivity index (χ3v) is 13.0. The van der Waals surface area contributed by atoms with Crippen LogP contribution in [0.4, 0.5) is 8.78 Å². The topological polar surface area (TPSA) is 73.2 Å². The van der Waals surface area contributed by atoms with Crippen LogP contribution < -0.4 is 0 Å². The number of carbonyl (C=O) groups excluding carboxylic acids is 1. The van der Waals surface area contributed by atoms with E-state index in [-0.39, 0.29) is 6.61 Å². The van der Waals surface area contributed by atoms with Gasteiger partial charge in [0.2, 0.25) is 0 Å². The minimum absolute atomic E-state index is 0.272. The van der Waals surface area contributed by atoms with E-state index in [1.165, 1.54) is 38.5 Å². The molecular formula is C33H42BrF2O5S2+. The molecule has 0 radical (unpaired) electrons. The Morgan fingerprint density at radius 2 is 0.977 bits per heavy atom. The Kier molecular flexibility index (Phi) is 14.6. The van der Waals surface area contributed by atoms with Gasteiger partial charge in [-0.2, -0.15) is 8.78 Å². The molecule has 0 fully saturated rings. The van der Waals surface area contributed by atoms with Gasteiger partial charge in [-0.15, -0.1) is 8.42 Å². The SMILES string of the molecule is O=C(OCCCCCCCCCCCCCBr)C(F)(F)S(=O)(=O)[OH+]S(c1ccccc1)(c1ccccc1)c1ccccc1. The number of benzene rings is 3. The number of ether oxygens (including phenoxy) is 1. The molecule has 0 spiro atoms. The van der Waals surface area contributed by atoms with Crippen molar-refractivity contribution in [3.63, 3.8) is 0 Å². The van der Waals surface area contributed by atoms with Gasteiger partial charge < -0.3 is 4.74 Å². The Balaban J connectivity index is 1.64. The lowest BCUT2D eigenvalue weighted by molar-refractivity contribution is -0.161. The van der Waals surface area contributed by atoms with Gasteiger partial charge in [-0.05, 0) is 49.2 Å². The van der Waals surface area contributed by atoms with Crippen molar-refractivity contribution in [2.45, 2.75) is 90.6 Å². The highest BCUT2D eigenvalue weighted by molar-refractivity contribution is 9.09. The maximum absolute atomic E-state index is 15.4. The van der Waals surface area contributed by atoms with Crippen molar-refractivity contribution in [1.29, 1.82) is 0 Å². The molecule has 3 aromatic rings. The Morgan fingerprint density at radius 3 is 1.35 bits per heavy atom. The molecule has 0 aliphatic heterocycles. The van der Waals surface area contributed by atoms with Crippen molar-refractivity contribution in [1.82, 2.24) is 0 Å². The highest BCUT2D eigenvalue weighted by Crippen LogP contribution is 2.68. The van der Waals surface area contributed by atoms with E-state index < -0.39 is 31.7 Å². The lowest BCUT2D eigenvalue weighted by Gasteiger charge is -2.35. The van der Waals surface area contributed by atoms with Crippen molar-refractivity contribution in [2.75, 3.05) is 11.9 Å². The molecule has 10 heteroatoms. The molecule has 0 saturated heterocycles. The summed E-state index contributed by atoms with van der Waals surface area (Å²) in [7, 11) is -8.79. The second-order valence-corrected chi connectivity index (χ2v) is 15.7. The van der Waals surface area contributed by atoms with Gasteiger partial charge in [0.1, 0.15) is 0 Å². The smallest absolute Gasteiger partial charge is 0.460 e. The highest BCUT2D eigenvalue weighted by Gasteiger charge is 2.63. The van der Waals surface area contributed by atoms with Gasteiger partial charge >= 0.3 is 21.3 Å². The summed E-state index contributed by atoms with van der Waals surface area (Å²) in [5.74, 6) is -2.10. The van der Waals surface area contributed by atoms with Crippen LogP contribution in [0.3, 0.4) is 0 Å². The van der Waals surface area contributed by atoms with Gasteiger partial charge in [0.15, 0.2) is 0 Å². The lowest BCUT2D eigenvalue weighted by Crippen LogP contribution is -2.42. The predicted octanol–water partition coefficient (Wildman–Crippen LogP) is 10.1. The summed E-state index contributed by atoms with van der Waals surface area (Å²) in [4.78, 5) is 13.8. The van der Waals surface area contributed by atoms with E-state index >= 15 is 8.78 Å². The molecule has 3 aromatic carbocycles. The third kappa shape index (κ3) is 9.86. The summed E-state index contributed by atoms with van der Waals surface area (Å²) in [6, 6.07) is 25.4. The van der Waals surface area contributed by atoms with Gasteiger partial charge in [-0.1, -0.05) is 128 Å². The summed E-state index contributed by atoms with van der Waals surface area (Å²) in [5, 5.41) is -3.79. The predicted molar refractivity (Wildman–Crippen MR) is 174 cm³/mol. The maximum Gasteiger partial charge on any atom is 0.514 e. The average Bonchev–Trinajstić information content (AvgIpc) is 3.03. The summed E-state index contributed by atoms with van der Waals surface area (Å²) in [5.41, 5.74) is 0. The Bertz CT molecular complexity index is 1230. The number of esters is 1. The molecule has 0 heterocycles. The second kappa shape index (κ2) is 17.9. The largest absolute Gasteiger partial charge is 0.514 e. The van der Waals surface area contributed by atoms with Crippen LogP contribution in [0.1, 0.15) is 70.6 Å². The van der Waals surface area contributed by atoms with Crippen LogP contribution in [0, 0.1) is 0 Å². The first kappa shape index (κ1) is 35.2. The number of carbonyl (C=O) groups is 1. The Labute approximate surface area is 265 Å². The van der Waals surface area contributed by atoms with Crippen molar-refractivity contribution < 1.29 is 30.4 Å². The number of halogens is 3. The van der Waals surface area contributed by atoms with Gasteiger partial charge in [0.05, 0.1) is 31.6 Å². The highest BCUT2D eigenvalue weighted by atomic mass is 79.9. The number of alkyl halides is 3. The van der Waals surface area contributed by atoms with Gasteiger partial charge in [-0.25, -0.2) is 4.79 Å². The molecule has 43 heavy (non-hydrogen) atoms. The minimum atomic E-state index is -5.68. The van der Waals surface area contributed by atoms with Gasteiger partial charge in [0.25, 0.3) is 0 Å². The first-order valence-corrected chi connectivity index (χ1v) is 19.0. The number of rotatable bonds is 20. The van der Waals surface area contributed by atoms with E-state index in [0.717, 1.165) is 24.6 Å². The fraction of sp³-hybridized carbons (Fsp3) is 0.424. The molecular weight excluding hydrogens is 658 g/mol. The van der Waals surface area contributed by atoms with Crippen LogP contribution in [0.15, 0.2) is 106 Å². The summed E-state index contributed by atoms with van der Waals surface area (Å²) < 4.78 is 66.2. The molecule has 0 aromatic heterocycles. The molecule has 0 atom stereocenters. The minimum Gasteiger partial charge on any atom is -0.460 e. The van der Waals surface area contributed by atoms with Crippen molar-refractivity contribution in [2.24, 2.45) is 0 Å². The molecule has 0 aliphatic rings. The molecule has 0 unspecified atom stereocenters.